The summed E-state index contributed by atoms with van der Waals surface area (Å²) in [5, 5.41) is 12.4. The van der Waals surface area contributed by atoms with Crippen molar-refractivity contribution in [2.45, 2.75) is 35.8 Å². The van der Waals surface area contributed by atoms with Gasteiger partial charge in [-0.15, -0.1) is 0 Å². The summed E-state index contributed by atoms with van der Waals surface area (Å²) in [7, 11) is 0. The number of furan rings is 1. The molecule has 2 aromatic heterocycles. The van der Waals surface area contributed by atoms with Crippen LogP contribution >= 0.6 is 11.8 Å². The van der Waals surface area contributed by atoms with Gasteiger partial charge in [0.1, 0.15) is 11.0 Å². The topological polar surface area (TPSA) is 114 Å². The van der Waals surface area contributed by atoms with Gasteiger partial charge in [-0.2, -0.15) is 0 Å². The van der Waals surface area contributed by atoms with Crippen LogP contribution in [0, 0.1) is 0 Å². The molecule has 9 heteroatoms. The van der Waals surface area contributed by atoms with Crippen molar-refractivity contribution in [1.82, 2.24) is 14.9 Å². The van der Waals surface area contributed by atoms with E-state index >= 15 is 0 Å². The Labute approximate surface area is 198 Å². The van der Waals surface area contributed by atoms with Crippen LogP contribution < -0.4 is 10.9 Å². The van der Waals surface area contributed by atoms with E-state index in [4.69, 9.17) is 4.42 Å². The fourth-order valence-electron chi connectivity index (χ4n) is 3.63. The van der Waals surface area contributed by atoms with Crippen molar-refractivity contribution < 1.29 is 19.1 Å². The first-order chi connectivity index (χ1) is 16.5. The summed E-state index contributed by atoms with van der Waals surface area (Å²) >= 11 is 1.16. The van der Waals surface area contributed by atoms with Gasteiger partial charge >= 0.3 is 5.97 Å². The molecule has 0 aliphatic heterocycles. The number of fused-ring (bicyclic) bond motifs is 1. The summed E-state index contributed by atoms with van der Waals surface area (Å²) in [5.74, 6) is -0.702. The molecular formula is C25H21N3O5S. The van der Waals surface area contributed by atoms with E-state index in [1.807, 2.05) is 30.3 Å². The molecule has 1 amide bonds. The molecule has 4 aromatic rings. The highest BCUT2D eigenvalue weighted by Crippen LogP contribution is 2.36. The third-order valence-electron chi connectivity index (χ3n) is 5.55. The van der Waals surface area contributed by atoms with E-state index in [2.05, 4.69) is 10.3 Å². The van der Waals surface area contributed by atoms with Crippen LogP contribution in [0.25, 0.3) is 10.9 Å². The van der Waals surface area contributed by atoms with Crippen molar-refractivity contribution in [2.75, 3.05) is 0 Å². The van der Waals surface area contributed by atoms with E-state index in [0.29, 0.717) is 16.3 Å². The number of carboxylic acid groups (broad SMARTS) is 1. The molecule has 0 radical (unpaired) electrons. The molecule has 1 fully saturated rings. The van der Waals surface area contributed by atoms with Crippen LogP contribution in [0.3, 0.4) is 0 Å². The monoisotopic (exact) mass is 475 g/mol. The SMILES string of the molecule is O=C(O)c1ccc2c(=O)n(Cc3ccco3)c(SC(C(=O)NC3CC3)c3ccccc3)nc2c1. The van der Waals surface area contributed by atoms with Crippen LogP contribution in [-0.2, 0) is 11.3 Å². The Bertz CT molecular complexity index is 1410. The zero-order valence-electron chi connectivity index (χ0n) is 18.0. The number of hydrogen-bond acceptors (Lipinski definition) is 6. The lowest BCUT2D eigenvalue weighted by molar-refractivity contribution is -0.120. The van der Waals surface area contributed by atoms with Gasteiger partial charge in [0.2, 0.25) is 5.91 Å². The van der Waals surface area contributed by atoms with Crippen molar-refractivity contribution in [3.8, 4) is 0 Å². The molecule has 2 aromatic carbocycles. The molecule has 2 N–H and O–H groups in total. The number of carbonyl (C=O) groups excluding carboxylic acids is 1. The third kappa shape index (κ3) is 4.60. The van der Waals surface area contributed by atoms with Gasteiger partial charge in [0.05, 0.1) is 29.3 Å². The predicted octanol–water partition coefficient (Wildman–Crippen LogP) is 3.85. The normalized spacial score (nSPS) is 14.1. The molecule has 1 atom stereocenters. The minimum absolute atomic E-state index is 0.0326. The van der Waals surface area contributed by atoms with Crippen molar-refractivity contribution in [3.63, 3.8) is 0 Å². The number of carboxylic acids is 1. The fraction of sp³-hybridized carbons (Fsp3) is 0.200. The van der Waals surface area contributed by atoms with Gasteiger partial charge in [-0.25, -0.2) is 9.78 Å². The van der Waals surface area contributed by atoms with E-state index in [1.54, 1.807) is 12.1 Å². The number of rotatable bonds is 8. The molecule has 0 spiro atoms. The summed E-state index contributed by atoms with van der Waals surface area (Å²) in [6.07, 6.45) is 3.43. The maximum Gasteiger partial charge on any atom is 0.335 e. The Morgan fingerprint density at radius 1 is 1.15 bits per heavy atom. The van der Waals surface area contributed by atoms with Crippen LogP contribution in [0.2, 0.25) is 0 Å². The van der Waals surface area contributed by atoms with Gasteiger partial charge in [0.15, 0.2) is 5.16 Å². The molecule has 1 aliphatic carbocycles. The van der Waals surface area contributed by atoms with Crippen molar-refractivity contribution in [2.24, 2.45) is 0 Å². The Kier molecular flexibility index (Phi) is 5.93. The minimum atomic E-state index is -1.11. The molecule has 172 valence electrons. The number of aromatic nitrogens is 2. The first-order valence-electron chi connectivity index (χ1n) is 10.8. The van der Waals surface area contributed by atoms with Crippen molar-refractivity contribution >= 4 is 34.5 Å². The number of nitrogens with one attached hydrogen (secondary N) is 1. The second-order valence-electron chi connectivity index (χ2n) is 8.09. The van der Waals surface area contributed by atoms with Gasteiger partial charge in [0, 0.05) is 6.04 Å². The van der Waals surface area contributed by atoms with Gasteiger partial charge in [-0.3, -0.25) is 14.2 Å². The standard InChI is InChI=1S/C25H21N3O5S/c29-22(26-17-9-10-17)21(15-5-2-1-3-6-15)34-25-27-20-13-16(24(31)32)8-11-19(20)23(30)28(25)14-18-7-4-12-33-18/h1-8,11-13,17,21H,9-10,14H2,(H,26,29)(H,31,32). The highest BCUT2D eigenvalue weighted by atomic mass is 32.2. The molecule has 5 rings (SSSR count). The largest absolute Gasteiger partial charge is 0.478 e. The second-order valence-corrected chi connectivity index (χ2v) is 9.17. The van der Waals surface area contributed by atoms with E-state index in [1.165, 1.54) is 29.0 Å². The number of aromatic carboxylic acids is 1. The summed E-state index contributed by atoms with van der Waals surface area (Å²) < 4.78 is 6.92. The summed E-state index contributed by atoms with van der Waals surface area (Å²) in [4.78, 5) is 42.7. The average molecular weight is 476 g/mol. The minimum Gasteiger partial charge on any atom is -0.478 e. The lowest BCUT2D eigenvalue weighted by atomic mass is 10.1. The molecule has 1 saturated carbocycles. The Morgan fingerprint density at radius 2 is 1.94 bits per heavy atom. The number of amides is 1. The predicted molar refractivity (Wildman–Crippen MR) is 127 cm³/mol. The van der Waals surface area contributed by atoms with Gasteiger partial charge in [-0.05, 0) is 48.7 Å². The van der Waals surface area contributed by atoms with Crippen molar-refractivity contribution in [1.29, 1.82) is 0 Å². The smallest absolute Gasteiger partial charge is 0.335 e. The Balaban J connectivity index is 1.63. The lowest BCUT2D eigenvalue weighted by Gasteiger charge is -2.19. The summed E-state index contributed by atoms with van der Waals surface area (Å²) in [6.45, 7) is 0.129. The zero-order chi connectivity index (χ0) is 23.7. The highest BCUT2D eigenvalue weighted by molar-refractivity contribution is 8.00. The number of hydrogen-bond donors (Lipinski definition) is 2. The van der Waals surface area contributed by atoms with Gasteiger partial charge in [0.25, 0.3) is 5.56 Å². The van der Waals surface area contributed by atoms with E-state index in [0.717, 1.165) is 30.2 Å². The average Bonchev–Trinajstić information content (AvgIpc) is 3.50. The maximum atomic E-state index is 13.5. The molecule has 0 bridgehead atoms. The molecule has 8 nitrogen and oxygen atoms in total. The Hall–Kier alpha value is -3.85. The van der Waals surface area contributed by atoms with Crippen LogP contribution in [0.5, 0.6) is 0 Å². The lowest BCUT2D eigenvalue weighted by Crippen LogP contribution is -2.31. The molecule has 2 heterocycles. The molecular weight excluding hydrogens is 454 g/mol. The first-order valence-corrected chi connectivity index (χ1v) is 11.7. The molecule has 34 heavy (non-hydrogen) atoms. The zero-order valence-corrected chi connectivity index (χ0v) is 18.8. The number of benzene rings is 2. The molecule has 1 unspecified atom stereocenters. The molecule has 1 aliphatic rings. The van der Waals surface area contributed by atoms with Crippen LogP contribution in [0.4, 0.5) is 0 Å². The maximum absolute atomic E-state index is 13.5. The number of thioether (sulfide) groups is 1. The van der Waals surface area contributed by atoms with E-state index in [9.17, 15) is 19.5 Å². The van der Waals surface area contributed by atoms with Crippen LogP contribution in [0.15, 0.2) is 81.3 Å². The van der Waals surface area contributed by atoms with Crippen molar-refractivity contribution in [3.05, 3.63) is 94.2 Å². The summed E-state index contributed by atoms with van der Waals surface area (Å²) in [6, 6.07) is 17.2. The quantitative estimate of drug-likeness (QED) is 0.294. The van der Waals surface area contributed by atoms with E-state index < -0.39 is 11.2 Å². The summed E-state index contributed by atoms with van der Waals surface area (Å²) in [5.41, 5.74) is 0.738. The fourth-order valence-corrected chi connectivity index (χ4v) is 4.74. The second kappa shape index (κ2) is 9.18. The number of nitrogens with zero attached hydrogens (tertiary/aromatic N) is 2. The van der Waals surface area contributed by atoms with Gasteiger partial charge < -0.3 is 14.8 Å². The third-order valence-corrected chi connectivity index (χ3v) is 6.79. The molecule has 0 saturated heterocycles. The highest BCUT2D eigenvalue weighted by Gasteiger charge is 2.30. The van der Waals surface area contributed by atoms with Crippen LogP contribution in [0.1, 0.15) is 39.8 Å². The Morgan fingerprint density at radius 3 is 2.62 bits per heavy atom. The van der Waals surface area contributed by atoms with Gasteiger partial charge in [-0.1, -0.05) is 42.1 Å². The van der Waals surface area contributed by atoms with Crippen LogP contribution in [-0.4, -0.2) is 32.6 Å². The first kappa shape index (κ1) is 22.0. The van der Waals surface area contributed by atoms with E-state index in [-0.39, 0.29) is 35.1 Å². The number of carbonyl (C=O) groups is 2.